The molecule has 0 spiro atoms. The van der Waals surface area contributed by atoms with Gasteiger partial charge in [0, 0.05) is 6.42 Å². The predicted molar refractivity (Wildman–Crippen MR) is 33.2 cm³/mol. The van der Waals surface area contributed by atoms with Crippen LogP contribution in [0, 0.1) is 5.75 Å². The van der Waals surface area contributed by atoms with Crippen LogP contribution in [0.3, 0.4) is 0 Å². The van der Waals surface area contributed by atoms with Gasteiger partial charge in [-0.05, 0) is 6.42 Å². The lowest BCUT2D eigenvalue weighted by molar-refractivity contribution is -0.115. The molecule has 0 aliphatic heterocycles. The summed E-state index contributed by atoms with van der Waals surface area (Å²) in [5.74, 6) is 1.43. The van der Waals surface area contributed by atoms with Gasteiger partial charge in [0.05, 0.1) is 5.75 Å². The molecule has 0 aromatic carbocycles. The maximum absolute atomic E-state index is 10.3. The Bertz CT molecular complexity index is 61.1. The van der Waals surface area contributed by atoms with Crippen LogP contribution >= 0.6 is 12.6 Å². The molecule has 41 valence electrons. The summed E-state index contributed by atoms with van der Waals surface area (Å²) in [5.41, 5.74) is 0. The van der Waals surface area contributed by atoms with Crippen molar-refractivity contribution >= 4 is 18.4 Å². The minimum Gasteiger partial charge on any atom is -0.298 e. The second-order valence-corrected chi connectivity index (χ2v) is 1.60. The number of carbonyl (C=O) groups excluding carboxylic acids is 1. The summed E-state index contributed by atoms with van der Waals surface area (Å²) in [6.07, 6.45) is 1.54. The van der Waals surface area contributed by atoms with Gasteiger partial charge < -0.3 is 0 Å². The van der Waals surface area contributed by atoms with E-state index in [-0.39, 0.29) is 5.78 Å². The summed E-state index contributed by atoms with van der Waals surface area (Å²) in [6, 6.07) is 0. The van der Waals surface area contributed by atoms with Crippen molar-refractivity contribution in [3.63, 3.8) is 0 Å². The Balaban J connectivity index is 3.00. The summed E-state index contributed by atoms with van der Waals surface area (Å²) < 4.78 is 0. The van der Waals surface area contributed by atoms with E-state index in [1.54, 1.807) is 0 Å². The second-order valence-electron chi connectivity index (χ2n) is 1.35. The van der Waals surface area contributed by atoms with E-state index in [0.29, 0.717) is 6.42 Å². The molecule has 1 nitrogen and oxygen atoms in total. The molecule has 0 aliphatic rings. The fourth-order valence-corrected chi connectivity index (χ4v) is 0.440. The molecule has 7 heavy (non-hydrogen) atoms. The molecular weight excluding hydrogens is 108 g/mol. The van der Waals surface area contributed by atoms with Crippen LogP contribution in [-0.2, 0) is 4.79 Å². The van der Waals surface area contributed by atoms with E-state index in [9.17, 15) is 4.79 Å². The Morgan fingerprint density at radius 1 is 1.86 bits per heavy atom. The molecule has 0 unspecified atom stereocenters. The Hall–Kier alpha value is 0.0200. The molecule has 0 aromatic rings. The number of ketones is 1. The normalized spacial score (nSPS) is 8.86. The summed E-state index contributed by atoms with van der Waals surface area (Å²) in [4.78, 5) is 10.3. The zero-order chi connectivity index (χ0) is 5.70. The molecule has 2 heteroatoms. The highest BCUT2D eigenvalue weighted by atomic mass is 32.1. The first-order valence-electron chi connectivity index (χ1n) is 2.31. The van der Waals surface area contributed by atoms with E-state index in [0.717, 1.165) is 6.42 Å². The van der Waals surface area contributed by atoms with Crippen LogP contribution < -0.4 is 0 Å². The van der Waals surface area contributed by atoms with Gasteiger partial charge in [-0.1, -0.05) is 6.92 Å². The quantitative estimate of drug-likeness (QED) is 0.553. The van der Waals surface area contributed by atoms with Crippen molar-refractivity contribution in [2.24, 2.45) is 0 Å². The van der Waals surface area contributed by atoms with Crippen molar-refractivity contribution in [2.45, 2.75) is 19.8 Å². The number of hydrogen-bond acceptors (Lipinski definition) is 2. The molecule has 0 rings (SSSR count). The van der Waals surface area contributed by atoms with E-state index in [1.807, 2.05) is 6.92 Å². The van der Waals surface area contributed by atoms with Gasteiger partial charge in [-0.2, -0.15) is 12.6 Å². The van der Waals surface area contributed by atoms with Crippen molar-refractivity contribution in [3.05, 3.63) is 5.75 Å². The smallest absolute Gasteiger partial charge is 0.147 e. The maximum Gasteiger partial charge on any atom is 0.147 e. The van der Waals surface area contributed by atoms with Gasteiger partial charge in [0.15, 0.2) is 0 Å². The molecule has 0 saturated carbocycles. The molecule has 0 saturated heterocycles. The van der Waals surface area contributed by atoms with E-state index in [2.05, 4.69) is 12.6 Å². The third-order valence-corrected chi connectivity index (χ3v) is 0.928. The Morgan fingerprint density at radius 3 is 2.57 bits per heavy atom. The number of thiol groups is 1. The molecule has 0 fully saturated rings. The van der Waals surface area contributed by atoms with E-state index in [1.165, 1.54) is 5.75 Å². The van der Waals surface area contributed by atoms with Crippen LogP contribution in [0.4, 0.5) is 0 Å². The SMILES string of the molecule is CCCC(=O)[CH]S. The number of hydrogen-bond donors (Lipinski definition) is 1. The molecular formula is C5H9OS. The predicted octanol–water partition coefficient (Wildman–Crippen LogP) is 1.45. The third-order valence-electron chi connectivity index (χ3n) is 0.640. The zero-order valence-electron chi connectivity index (χ0n) is 4.35. The third kappa shape index (κ3) is 3.86. The van der Waals surface area contributed by atoms with Crippen LogP contribution in [0.2, 0.25) is 0 Å². The van der Waals surface area contributed by atoms with Crippen molar-refractivity contribution in [1.29, 1.82) is 0 Å². The van der Waals surface area contributed by atoms with Crippen molar-refractivity contribution in [3.8, 4) is 0 Å². The second kappa shape index (κ2) is 4.19. The lowest BCUT2D eigenvalue weighted by atomic mass is 10.3. The molecule has 0 amide bonds. The number of rotatable bonds is 3. The highest BCUT2D eigenvalue weighted by Gasteiger charge is 1.92. The fraction of sp³-hybridized carbons (Fsp3) is 0.600. The average Bonchev–Trinajstić information content (AvgIpc) is 1.68. The first-order valence-corrected chi connectivity index (χ1v) is 2.83. The van der Waals surface area contributed by atoms with Crippen LogP contribution in [0.25, 0.3) is 0 Å². The largest absolute Gasteiger partial charge is 0.298 e. The Kier molecular flexibility index (Phi) is 4.20. The van der Waals surface area contributed by atoms with Gasteiger partial charge in [0.25, 0.3) is 0 Å². The summed E-state index contributed by atoms with van der Waals surface area (Å²) in [6.45, 7) is 1.97. The average molecular weight is 117 g/mol. The summed E-state index contributed by atoms with van der Waals surface area (Å²) in [7, 11) is 0. The lowest BCUT2D eigenvalue weighted by Crippen LogP contribution is -1.90. The number of Topliss-reactive ketones (excluding diaryl/α,β-unsaturated/α-hetero) is 1. The van der Waals surface area contributed by atoms with E-state index in [4.69, 9.17) is 0 Å². The first kappa shape index (κ1) is 7.02. The van der Waals surface area contributed by atoms with Crippen LogP contribution in [0.15, 0.2) is 0 Å². The molecule has 0 N–H and O–H groups in total. The van der Waals surface area contributed by atoms with Gasteiger partial charge in [0.1, 0.15) is 5.78 Å². The Morgan fingerprint density at radius 2 is 2.43 bits per heavy atom. The first-order chi connectivity index (χ1) is 3.31. The zero-order valence-corrected chi connectivity index (χ0v) is 5.24. The van der Waals surface area contributed by atoms with Gasteiger partial charge in [0.2, 0.25) is 0 Å². The van der Waals surface area contributed by atoms with E-state index < -0.39 is 0 Å². The highest BCUT2D eigenvalue weighted by molar-refractivity contribution is 7.83. The van der Waals surface area contributed by atoms with Gasteiger partial charge in [-0.25, -0.2) is 0 Å². The molecule has 0 heterocycles. The van der Waals surface area contributed by atoms with Gasteiger partial charge >= 0.3 is 0 Å². The van der Waals surface area contributed by atoms with Gasteiger partial charge in [-0.3, -0.25) is 4.79 Å². The van der Waals surface area contributed by atoms with Crippen molar-refractivity contribution < 1.29 is 4.79 Å². The van der Waals surface area contributed by atoms with Crippen LogP contribution in [-0.4, -0.2) is 5.78 Å². The fourth-order valence-electron chi connectivity index (χ4n) is 0.311. The molecule has 0 atom stereocenters. The minimum atomic E-state index is 0.117. The highest BCUT2D eigenvalue weighted by Crippen LogP contribution is 1.93. The van der Waals surface area contributed by atoms with Crippen LogP contribution in [0.5, 0.6) is 0 Å². The van der Waals surface area contributed by atoms with Crippen molar-refractivity contribution in [1.82, 2.24) is 0 Å². The Labute approximate surface area is 49.5 Å². The lowest BCUT2D eigenvalue weighted by Gasteiger charge is -1.86. The number of carbonyl (C=O) groups is 1. The van der Waals surface area contributed by atoms with Crippen LogP contribution in [0.1, 0.15) is 19.8 Å². The van der Waals surface area contributed by atoms with Crippen molar-refractivity contribution in [2.75, 3.05) is 0 Å². The monoisotopic (exact) mass is 117 g/mol. The standard InChI is InChI=1S/C5H9OS/c1-2-3-5(6)4-7/h4,7H,2-3H2,1H3. The van der Waals surface area contributed by atoms with Gasteiger partial charge in [-0.15, -0.1) is 0 Å². The molecule has 0 bridgehead atoms. The maximum atomic E-state index is 10.3. The summed E-state index contributed by atoms with van der Waals surface area (Å²) in [5, 5.41) is 0. The molecule has 0 aliphatic carbocycles. The van der Waals surface area contributed by atoms with E-state index >= 15 is 0 Å². The molecule has 1 radical (unpaired) electrons. The topological polar surface area (TPSA) is 17.1 Å². The molecule has 0 aromatic heterocycles. The minimum absolute atomic E-state index is 0.117. The summed E-state index contributed by atoms with van der Waals surface area (Å²) >= 11 is 3.67.